The Labute approximate surface area is 154 Å². The lowest BCUT2D eigenvalue weighted by Gasteiger charge is -2.11. The van der Waals surface area contributed by atoms with Crippen molar-refractivity contribution in [2.45, 2.75) is 6.92 Å². The van der Waals surface area contributed by atoms with Crippen LogP contribution in [0.15, 0.2) is 36.4 Å². The molecule has 0 atom stereocenters. The molecule has 0 amide bonds. The van der Waals surface area contributed by atoms with Crippen LogP contribution in [0.1, 0.15) is 27.6 Å². The minimum absolute atomic E-state index is 0.106. The first kappa shape index (κ1) is 19.7. The molecule has 2 aromatic rings. The fraction of sp³-hybridized carbons (Fsp3) is 0.222. The molecule has 0 radical (unpaired) electrons. The molecule has 2 rings (SSSR count). The lowest BCUT2D eigenvalue weighted by Crippen LogP contribution is -2.12. The molecule has 2 aromatic carbocycles. The highest BCUT2D eigenvalue weighted by Crippen LogP contribution is 2.35. The van der Waals surface area contributed by atoms with Gasteiger partial charge in [0.15, 0.2) is 11.5 Å². The minimum atomic E-state index is -0.950. The Hall–Kier alpha value is -3.62. The molecule has 0 spiro atoms. The number of rotatable bonds is 7. The molecule has 142 valence electrons. The van der Waals surface area contributed by atoms with E-state index in [-0.39, 0.29) is 35.0 Å². The van der Waals surface area contributed by atoms with Crippen molar-refractivity contribution >= 4 is 17.6 Å². The van der Waals surface area contributed by atoms with Gasteiger partial charge in [0, 0.05) is 6.07 Å². The second-order valence-electron chi connectivity index (χ2n) is 5.12. The summed E-state index contributed by atoms with van der Waals surface area (Å²) in [5, 5.41) is 11.3. The van der Waals surface area contributed by atoms with Gasteiger partial charge in [-0.1, -0.05) is 0 Å². The summed E-state index contributed by atoms with van der Waals surface area (Å²) in [7, 11) is 2.60. The molecule has 0 bridgehead atoms. The topological polar surface area (TPSA) is 114 Å². The first-order valence-corrected chi connectivity index (χ1v) is 7.81. The van der Waals surface area contributed by atoms with Crippen LogP contribution < -0.4 is 14.2 Å². The maximum absolute atomic E-state index is 12.4. The van der Waals surface area contributed by atoms with E-state index in [4.69, 9.17) is 14.2 Å². The smallest absolute Gasteiger partial charge is 0.350 e. The van der Waals surface area contributed by atoms with Crippen molar-refractivity contribution < 1.29 is 33.5 Å². The van der Waals surface area contributed by atoms with Gasteiger partial charge in [-0.15, -0.1) is 0 Å². The van der Waals surface area contributed by atoms with Gasteiger partial charge < -0.3 is 18.9 Å². The maximum Gasteiger partial charge on any atom is 0.350 e. The van der Waals surface area contributed by atoms with Gasteiger partial charge in [-0.3, -0.25) is 10.1 Å². The van der Waals surface area contributed by atoms with Crippen LogP contribution in [0.2, 0.25) is 0 Å². The van der Waals surface area contributed by atoms with Crippen molar-refractivity contribution in [3.8, 4) is 17.2 Å². The summed E-state index contributed by atoms with van der Waals surface area (Å²) >= 11 is 0. The highest BCUT2D eigenvalue weighted by Gasteiger charge is 2.26. The molecule has 0 heterocycles. The monoisotopic (exact) mass is 375 g/mol. The normalized spacial score (nSPS) is 10.0. The number of methoxy groups -OCH3 is 2. The number of nitrogens with zero attached hydrogens (tertiary/aromatic N) is 1. The molecule has 0 aliphatic carbocycles. The zero-order valence-electron chi connectivity index (χ0n) is 14.9. The molecule has 0 saturated heterocycles. The molecular weight excluding hydrogens is 358 g/mol. The number of nitro groups is 1. The van der Waals surface area contributed by atoms with Crippen molar-refractivity contribution in [3.63, 3.8) is 0 Å². The number of hydrogen-bond acceptors (Lipinski definition) is 8. The first-order valence-electron chi connectivity index (χ1n) is 7.81. The molecular formula is C18H17NO8. The Morgan fingerprint density at radius 1 is 1.04 bits per heavy atom. The van der Waals surface area contributed by atoms with Crippen LogP contribution >= 0.6 is 0 Å². The maximum atomic E-state index is 12.4. The number of esters is 2. The molecule has 27 heavy (non-hydrogen) atoms. The standard InChI is InChI=1S/C18H17NO8/c1-4-26-16-10-14(19(22)23)13(9-15(16)24-2)18(21)27-12-7-5-11(6-8-12)17(20)25-3/h5-10H,4H2,1-3H3. The number of hydrogen-bond donors (Lipinski definition) is 0. The van der Waals surface area contributed by atoms with Crippen molar-refractivity contribution in [2.24, 2.45) is 0 Å². The van der Waals surface area contributed by atoms with E-state index < -0.39 is 22.5 Å². The average Bonchev–Trinajstić information content (AvgIpc) is 2.67. The van der Waals surface area contributed by atoms with E-state index in [1.807, 2.05) is 0 Å². The summed E-state index contributed by atoms with van der Waals surface area (Å²) in [6.07, 6.45) is 0. The van der Waals surface area contributed by atoms with Crippen LogP contribution in [-0.4, -0.2) is 37.7 Å². The third-order valence-corrected chi connectivity index (χ3v) is 3.48. The second-order valence-corrected chi connectivity index (χ2v) is 5.12. The van der Waals surface area contributed by atoms with Crippen LogP contribution in [-0.2, 0) is 4.74 Å². The van der Waals surface area contributed by atoms with Gasteiger partial charge in [0.25, 0.3) is 5.69 Å². The largest absolute Gasteiger partial charge is 0.493 e. The SMILES string of the molecule is CCOc1cc([N+](=O)[O-])c(C(=O)Oc2ccc(C(=O)OC)cc2)cc1OC. The number of nitro benzene ring substituents is 1. The van der Waals surface area contributed by atoms with Crippen molar-refractivity contribution in [2.75, 3.05) is 20.8 Å². The Bertz CT molecular complexity index is 860. The number of ether oxygens (including phenoxy) is 4. The second kappa shape index (κ2) is 8.65. The third kappa shape index (κ3) is 4.51. The summed E-state index contributed by atoms with van der Waals surface area (Å²) in [5.74, 6) is -1.08. The molecule has 9 heteroatoms. The van der Waals surface area contributed by atoms with Crippen LogP contribution in [0.25, 0.3) is 0 Å². The van der Waals surface area contributed by atoms with E-state index in [0.717, 1.165) is 6.07 Å². The van der Waals surface area contributed by atoms with Gasteiger partial charge in [-0.25, -0.2) is 9.59 Å². The van der Waals surface area contributed by atoms with E-state index >= 15 is 0 Å². The van der Waals surface area contributed by atoms with Gasteiger partial charge in [0.05, 0.1) is 37.4 Å². The number of benzene rings is 2. The summed E-state index contributed by atoms with van der Waals surface area (Å²) < 4.78 is 20.2. The van der Waals surface area contributed by atoms with Crippen LogP contribution in [0.4, 0.5) is 5.69 Å². The van der Waals surface area contributed by atoms with Crippen molar-refractivity contribution in [3.05, 3.63) is 57.6 Å². The van der Waals surface area contributed by atoms with Crippen molar-refractivity contribution in [1.82, 2.24) is 0 Å². The Balaban J connectivity index is 2.34. The zero-order valence-corrected chi connectivity index (χ0v) is 14.9. The molecule has 0 N–H and O–H groups in total. The van der Waals surface area contributed by atoms with Crippen molar-refractivity contribution in [1.29, 1.82) is 0 Å². The Kier molecular flexibility index (Phi) is 6.32. The molecule has 0 aliphatic heterocycles. The third-order valence-electron chi connectivity index (χ3n) is 3.48. The molecule has 0 saturated carbocycles. The van der Waals surface area contributed by atoms with E-state index in [9.17, 15) is 19.7 Å². The van der Waals surface area contributed by atoms with Gasteiger partial charge in [-0.2, -0.15) is 0 Å². The lowest BCUT2D eigenvalue weighted by atomic mass is 10.1. The van der Waals surface area contributed by atoms with E-state index in [2.05, 4.69) is 4.74 Å². The first-order chi connectivity index (χ1) is 12.9. The highest BCUT2D eigenvalue weighted by atomic mass is 16.6. The van der Waals surface area contributed by atoms with Crippen LogP contribution in [0.3, 0.4) is 0 Å². The summed E-state index contributed by atoms with van der Waals surface area (Å²) in [4.78, 5) is 34.5. The van der Waals surface area contributed by atoms with Crippen LogP contribution in [0, 0.1) is 10.1 Å². The predicted octanol–water partition coefficient (Wildman–Crippen LogP) is 3.01. The fourth-order valence-electron chi connectivity index (χ4n) is 2.23. The molecule has 0 aliphatic rings. The Morgan fingerprint density at radius 3 is 2.22 bits per heavy atom. The van der Waals surface area contributed by atoms with Gasteiger partial charge in [-0.05, 0) is 31.2 Å². The Morgan fingerprint density at radius 2 is 1.70 bits per heavy atom. The quantitative estimate of drug-likeness (QED) is 0.314. The summed E-state index contributed by atoms with van der Waals surface area (Å²) in [5.41, 5.74) is -0.501. The zero-order chi connectivity index (χ0) is 20.0. The van der Waals surface area contributed by atoms with E-state index in [0.29, 0.717) is 0 Å². The number of carbonyl (C=O) groups is 2. The molecule has 0 aromatic heterocycles. The van der Waals surface area contributed by atoms with Gasteiger partial charge in [0.1, 0.15) is 11.3 Å². The highest BCUT2D eigenvalue weighted by molar-refractivity contribution is 5.96. The minimum Gasteiger partial charge on any atom is -0.493 e. The van der Waals surface area contributed by atoms with Crippen LogP contribution in [0.5, 0.6) is 17.2 Å². The fourth-order valence-corrected chi connectivity index (χ4v) is 2.23. The molecule has 0 unspecified atom stereocenters. The lowest BCUT2D eigenvalue weighted by molar-refractivity contribution is -0.385. The predicted molar refractivity (Wildman–Crippen MR) is 93.6 cm³/mol. The van der Waals surface area contributed by atoms with Gasteiger partial charge >= 0.3 is 11.9 Å². The van der Waals surface area contributed by atoms with Gasteiger partial charge in [0.2, 0.25) is 0 Å². The summed E-state index contributed by atoms with van der Waals surface area (Å²) in [6.45, 7) is 1.98. The average molecular weight is 375 g/mol. The number of carbonyl (C=O) groups excluding carboxylic acids is 2. The molecule has 0 fully saturated rings. The summed E-state index contributed by atoms with van der Waals surface area (Å²) in [6, 6.07) is 7.86. The van der Waals surface area contributed by atoms with E-state index in [1.54, 1.807) is 6.92 Å². The molecule has 9 nitrogen and oxygen atoms in total. The van der Waals surface area contributed by atoms with E-state index in [1.165, 1.54) is 44.6 Å².